The fraction of sp³-hybridized carbons (Fsp3) is 1.00. The standard InChI is InChI=1S/C10H19BrO/c1-7(2)8-5-6-9(12-8)10(3,4)11/h7-9H,5-6H2,1-4H3/t8-,9+/m0/s1. The van der Waals surface area contributed by atoms with Gasteiger partial charge in [0.2, 0.25) is 0 Å². The Kier molecular flexibility index (Phi) is 3.21. The Bertz CT molecular complexity index is 148. The van der Waals surface area contributed by atoms with E-state index >= 15 is 0 Å². The minimum absolute atomic E-state index is 0.136. The van der Waals surface area contributed by atoms with Gasteiger partial charge < -0.3 is 4.74 Å². The molecule has 12 heavy (non-hydrogen) atoms. The van der Waals surface area contributed by atoms with Gasteiger partial charge in [-0.05, 0) is 32.6 Å². The highest BCUT2D eigenvalue weighted by molar-refractivity contribution is 9.10. The summed E-state index contributed by atoms with van der Waals surface area (Å²) in [6.07, 6.45) is 3.29. The highest BCUT2D eigenvalue weighted by Gasteiger charge is 2.36. The molecule has 0 aliphatic carbocycles. The Morgan fingerprint density at radius 1 is 1.33 bits per heavy atom. The molecule has 1 fully saturated rings. The SMILES string of the molecule is CC(C)[C@@H]1CC[C@H](C(C)(C)Br)O1. The van der Waals surface area contributed by atoms with Gasteiger partial charge in [0.25, 0.3) is 0 Å². The van der Waals surface area contributed by atoms with Crippen LogP contribution < -0.4 is 0 Å². The van der Waals surface area contributed by atoms with Gasteiger partial charge in [-0.15, -0.1) is 0 Å². The normalized spacial score (nSPS) is 31.5. The van der Waals surface area contributed by atoms with E-state index in [0.717, 1.165) is 0 Å². The molecule has 0 saturated carbocycles. The molecule has 0 aromatic carbocycles. The maximum Gasteiger partial charge on any atom is 0.0727 e. The minimum atomic E-state index is 0.136. The molecule has 0 aromatic rings. The van der Waals surface area contributed by atoms with Gasteiger partial charge >= 0.3 is 0 Å². The van der Waals surface area contributed by atoms with Gasteiger partial charge in [0.1, 0.15) is 0 Å². The van der Waals surface area contributed by atoms with E-state index in [0.29, 0.717) is 18.1 Å². The van der Waals surface area contributed by atoms with Crippen molar-refractivity contribution in [1.29, 1.82) is 0 Å². The molecule has 0 spiro atoms. The van der Waals surface area contributed by atoms with Crippen LogP contribution in [-0.2, 0) is 4.74 Å². The minimum Gasteiger partial charge on any atom is -0.373 e. The second kappa shape index (κ2) is 3.67. The molecule has 72 valence electrons. The molecular formula is C10H19BrO. The van der Waals surface area contributed by atoms with E-state index in [2.05, 4.69) is 43.6 Å². The number of hydrogen-bond acceptors (Lipinski definition) is 1. The molecule has 1 rings (SSSR count). The van der Waals surface area contributed by atoms with E-state index in [1.54, 1.807) is 0 Å². The third kappa shape index (κ3) is 2.46. The largest absolute Gasteiger partial charge is 0.373 e. The third-order valence-corrected chi connectivity index (χ3v) is 3.07. The number of ether oxygens (including phenoxy) is 1. The van der Waals surface area contributed by atoms with Crippen LogP contribution in [0.5, 0.6) is 0 Å². The summed E-state index contributed by atoms with van der Waals surface area (Å²) in [5, 5.41) is 0. The van der Waals surface area contributed by atoms with Crippen LogP contribution in [0, 0.1) is 5.92 Å². The second-order valence-corrected chi connectivity index (χ2v) is 6.59. The first kappa shape index (κ1) is 10.5. The van der Waals surface area contributed by atoms with Crippen molar-refractivity contribution in [3.63, 3.8) is 0 Å². The van der Waals surface area contributed by atoms with Crippen molar-refractivity contribution >= 4 is 15.9 Å². The van der Waals surface area contributed by atoms with E-state index in [9.17, 15) is 0 Å². The van der Waals surface area contributed by atoms with Gasteiger partial charge in [-0.2, -0.15) is 0 Å². The molecule has 1 heterocycles. The highest BCUT2D eigenvalue weighted by atomic mass is 79.9. The maximum atomic E-state index is 5.94. The zero-order valence-electron chi connectivity index (χ0n) is 8.43. The highest BCUT2D eigenvalue weighted by Crippen LogP contribution is 2.35. The number of alkyl halides is 1. The van der Waals surface area contributed by atoms with E-state index in [-0.39, 0.29) is 4.32 Å². The molecule has 2 atom stereocenters. The second-order valence-electron chi connectivity index (χ2n) is 4.55. The first-order valence-corrected chi connectivity index (χ1v) is 5.55. The fourth-order valence-corrected chi connectivity index (χ4v) is 2.00. The Morgan fingerprint density at radius 3 is 2.17 bits per heavy atom. The molecule has 1 aliphatic rings. The van der Waals surface area contributed by atoms with Crippen LogP contribution in [0.4, 0.5) is 0 Å². The molecule has 1 saturated heterocycles. The molecule has 0 unspecified atom stereocenters. The monoisotopic (exact) mass is 234 g/mol. The number of halogens is 1. The van der Waals surface area contributed by atoms with Crippen LogP contribution in [0.2, 0.25) is 0 Å². The summed E-state index contributed by atoms with van der Waals surface area (Å²) in [6, 6.07) is 0. The predicted molar refractivity (Wildman–Crippen MR) is 55.7 cm³/mol. The summed E-state index contributed by atoms with van der Waals surface area (Å²) in [4.78, 5) is 0. The quantitative estimate of drug-likeness (QED) is 0.667. The van der Waals surface area contributed by atoms with E-state index in [1.807, 2.05) is 0 Å². The number of rotatable bonds is 2. The van der Waals surface area contributed by atoms with Crippen LogP contribution in [-0.4, -0.2) is 16.5 Å². The molecule has 0 bridgehead atoms. The Morgan fingerprint density at radius 2 is 1.92 bits per heavy atom. The summed E-state index contributed by atoms with van der Waals surface area (Å²) < 4.78 is 6.08. The summed E-state index contributed by atoms with van der Waals surface area (Å²) in [5.74, 6) is 0.657. The lowest BCUT2D eigenvalue weighted by Crippen LogP contribution is -2.30. The Hall–Kier alpha value is 0.440. The molecule has 1 nitrogen and oxygen atoms in total. The van der Waals surface area contributed by atoms with Crippen molar-refractivity contribution in [2.45, 2.75) is 57.1 Å². The summed E-state index contributed by atoms with van der Waals surface area (Å²) in [5.41, 5.74) is 0. The van der Waals surface area contributed by atoms with Crippen LogP contribution in [0.25, 0.3) is 0 Å². The molecule has 0 amide bonds. The van der Waals surface area contributed by atoms with Crippen molar-refractivity contribution in [2.24, 2.45) is 5.92 Å². The zero-order valence-corrected chi connectivity index (χ0v) is 10.0. The lowest BCUT2D eigenvalue weighted by atomic mass is 10.0. The lowest BCUT2D eigenvalue weighted by Gasteiger charge is -2.25. The third-order valence-electron chi connectivity index (χ3n) is 2.56. The average Bonchev–Trinajstić information content (AvgIpc) is 2.30. The zero-order chi connectivity index (χ0) is 9.35. The van der Waals surface area contributed by atoms with Crippen LogP contribution >= 0.6 is 15.9 Å². The smallest absolute Gasteiger partial charge is 0.0727 e. The van der Waals surface area contributed by atoms with Crippen molar-refractivity contribution in [3.05, 3.63) is 0 Å². The van der Waals surface area contributed by atoms with Crippen molar-refractivity contribution in [2.75, 3.05) is 0 Å². The number of hydrogen-bond donors (Lipinski definition) is 0. The summed E-state index contributed by atoms with van der Waals surface area (Å²) in [7, 11) is 0. The van der Waals surface area contributed by atoms with E-state index in [1.165, 1.54) is 12.8 Å². The summed E-state index contributed by atoms with van der Waals surface area (Å²) in [6.45, 7) is 8.82. The van der Waals surface area contributed by atoms with Crippen LogP contribution in [0.1, 0.15) is 40.5 Å². The first-order valence-electron chi connectivity index (χ1n) is 4.75. The molecule has 0 aromatic heterocycles. The van der Waals surface area contributed by atoms with Crippen LogP contribution in [0.15, 0.2) is 0 Å². The van der Waals surface area contributed by atoms with E-state index < -0.39 is 0 Å². The average molecular weight is 235 g/mol. The Labute approximate surface area is 84.0 Å². The maximum absolute atomic E-state index is 5.94. The first-order chi connectivity index (χ1) is 5.41. The van der Waals surface area contributed by atoms with Crippen LogP contribution in [0.3, 0.4) is 0 Å². The molecular weight excluding hydrogens is 216 g/mol. The van der Waals surface area contributed by atoms with Gasteiger partial charge in [0.05, 0.1) is 12.2 Å². The fourth-order valence-electron chi connectivity index (χ4n) is 1.66. The van der Waals surface area contributed by atoms with Gasteiger partial charge in [-0.3, -0.25) is 0 Å². The Balaban J connectivity index is 2.46. The van der Waals surface area contributed by atoms with Crippen molar-refractivity contribution < 1.29 is 4.74 Å². The van der Waals surface area contributed by atoms with Gasteiger partial charge in [-0.25, -0.2) is 0 Å². The molecule has 0 N–H and O–H groups in total. The topological polar surface area (TPSA) is 9.23 Å². The molecule has 1 aliphatic heterocycles. The van der Waals surface area contributed by atoms with Gasteiger partial charge in [0.15, 0.2) is 0 Å². The van der Waals surface area contributed by atoms with Crippen molar-refractivity contribution in [1.82, 2.24) is 0 Å². The van der Waals surface area contributed by atoms with Crippen molar-refractivity contribution in [3.8, 4) is 0 Å². The van der Waals surface area contributed by atoms with E-state index in [4.69, 9.17) is 4.74 Å². The molecule has 0 radical (unpaired) electrons. The molecule has 2 heteroatoms. The summed E-state index contributed by atoms with van der Waals surface area (Å²) >= 11 is 3.66. The lowest BCUT2D eigenvalue weighted by molar-refractivity contribution is 0.00730. The van der Waals surface area contributed by atoms with Gasteiger partial charge in [-0.1, -0.05) is 29.8 Å². The predicted octanol–water partition coefficient (Wildman–Crippen LogP) is 3.36. The van der Waals surface area contributed by atoms with Gasteiger partial charge in [0, 0.05) is 4.32 Å².